The highest BCUT2D eigenvalue weighted by Crippen LogP contribution is 2.10. The summed E-state index contributed by atoms with van der Waals surface area (Å²) < 4.78 is 5.51. The molecule has 6 heteroatoms. The van der Waals surface area contributed by atoms with E-state index in [9.17, 15) is 0 Å². The van der Waals surface area contributed by atoms with Gasteiger partial charge in [-0.1, -0.05) is 6.07 Å². The predicted molar refractivity (Wildman–Crippen MR) is 98.4 cm³/mol. The molecular weight excluding hydrogens is 302 g/mol. The Morgan fingerprint density at radius 1 is 1.46 bits per heavy atom. The van der Waals surface area contributed by atoms with Gasteiger partial charge < -0.3 is 15.4 Å². The second-order valence-corrected chi connectivity index (χ2v) is 6.23. The van der Waals surface area contributed by atoms with Crippen LogP contribution in [0.5, 0.6) is 0 Å². The molecule has 2 N–H and O–H groups in total. The van der Waals surface area contributed by atoms with Gasteiger partial charge in [0, 0.05) is 50.0 Å². The van der Waals surface area contributed by atoms with Crippen molar-refractivity contribution >= 4 is 5.96 Å². The zero-order chi connectivity index (χ0) is 17.2. The number of aromatic nitrogens is 1. The maximum atomic E-state index is 5.51. The summed E-state index contributed by atoms with van der Waals surface area (Å²) in [4.78, 5) is 11.6. The monoisotopic (exact) mass is 333 g/mol. The average Bonchev–Trinajstić information content (AvgIpc) is 2.60. The van der Waals surface area contributed by atoms with Gasteiger partial charge >= 0.3 is 0 Å². The lowest BCUT2D eigenvalue weighted by molar-refractivity contribution is -0.0165. The molecule has 1 fully saturated rings. The minimum absolute atomic E-state index is 0.412. The molecule has 1 aliphatic rings. The Kier molecular flexibility index (Phi) is 7.98. The highest BCUT2D eigenvalue weighted by atomic mass is 16.5. The Morgan fingerprint density at radius 3 is 3.04 bits per heavy atom. The van der Waals surface area contributed by atoms with Gasteiger partial charge in [0.15, 0.2) is 5.96 Å². The van der Waals surface area contributed by atoms with E-state index in [0.29, 0.717) is 12.1 Å². The first-order valence-electron chi connectivity index (χ1n) is 8.96. The van der Waals surface area contributed by atoms with Crippen LogP contribution in [0.15, 0.2) is 29.4 Å². The largest absolute Gasteiger partial charge is 0.379 e. The number of morpholine rings is 1. The maximum absolute atomic E-state index is 5.51. The predicted octanol–water partition coefficient (Wildman–Crippen LogP) is 1.29. The first-order chi connectivity index (χ1) is 11.7. The number of ether oxygens (including phenoxy) is 1. The van der Waals surface area contributed by atoms with Crippen LogP contribution in [0.4, 0.5) is 0 Å². The van der Waals surface area contributed by atoms with Crippen LogP contribution in [0.3, 0.4) is 0 Å². The summed E-state index contributed by atoms with van der Waals surface area (Å²) in [5.74, 6) is 0.876. The van der Waals surface area contributed by atoms with E-state index >= 15 is 0 Å². The molecule has 24 heavy (non-hydrogen) atoms. The van der Waals surface area contributed by atoms with Gasteiger partial charge in [-0.15, -0.1) is 0 Å². The van der Waals surface area contributed by atoms with Crippen molar-refractivity contribution in [3.05, 3.63) is 30.1 Å². The fraction of sp³-hybridized carbons (Fsp3) is 0.667. The minimum atomic E-state index is 0.412. The third kappa shape index (κ3) is 6.09. The molecule has 2 unspecified atom stereocenters. The zero-order valence-electron chi connectivity index (χ0n) is 15.2. The zero-order valence-corrected chi connectivity index (χ0v) is 15.2. The van der Waals surface area contributed by atoms with Crippen LogP contribution < -0.4 is 10.6 Å². The number of guanidine groups is 1. The topological polar surface area (TPSA) is 61.8 Å². The number of aliphatic imine (C=N–C) groups is 1. The standard InChI is InChI=1S/C18H31N5O/c1-4-19-18(21-10-8-17-7-5-6-9-20-17)22-13-15(2)23-11-12-24-14-16(23)3/h5-7,9,15-16H,4,8,10-14H2,1-3H3,(H2,19,21,22). The molecule has 2 heterocycles. The molecule has 1 aromatic rings. The van der Waals surface area contributed by atoms with E-state index in [-0.39, 0.29) is 0 Å². The van der Waals surface area contributed by atoms with Gasteiger partial charge in [0.05, 0.1) is 19.8 Å². The van der Waals surface area contributed by atoms with Crippen molar-refractivity contribution in [3.8, 4) is 0 Å². The number of nitrogens with one attached hydrogen (secondary N) is 2. The van der Waals surface area contributed by atoms with E-state index in [4.69, 9.17) is 9.73 Å². The summed E-state index contributed by atoms with van der Waals surface area (Å²) in [7, 11) is 0. The fourth-order valence-corrected chi connectivity index (χ4v) is 2.92. The summed E-state index contributed by atoms with van der Waals surface area (Å²) in [5.41, 5.74) is 1.09. The molecule has 0 bridgehead atoms. The van der Waals surface area contributed by atoms with Crippen molar-refractivity contribution < 1.29 is 4.74 Å². The van der Waals surface area contributed by atoms with Crippen molar-refractivity contribution in [1.29, 1.82) is 0 Å². The molecule has 134 valence electrons. The lowest BCUT2D eigenvalue weighted by atomic mass is 10.2. The molecule has 0 amide bonds. The van der Waals surface area contributed by atoms with Gasteiger partial charge in [0.2, 0.25) is 0 Å². The van der Waals surface area contributed by atoms with E-state index in [1.807, 2.05) is 24.4 Å². The molecule has 6 nitrogen and oxygen atoms in total. The Bertz CT molecular complexity index is 493. The number of nitrogens with zero attached hydrogens (tertiary/aromatic N) is 3. The highest BCUT2D eigenvalue weighted by Gasteiger charge is 2.23. The van der Waals surface area contributed by atoms with Crippen molar-refractivity contribution in [2.45, 2.75) is 39.3 Å². The third-order valence-corrected chi connectivity index (χ3v) is 4.24. The number of hydrogen-bond donors (Lipinski definition) is 2. The molecule has 1 aromatic heterocycles. The summed E-state index contributed by atoms with van der Waals surface area (Å²) in [6.07, 6.45) is 2.72. The van der Waals surface area contributed by atoms with E-state index in [1.165, 1.54) is 0 Å². The Labute approximate surface area is 145 Å². The van der Waals surface area contributed by atoms with Crippen molar-refractivity contribution in [3.63, 3.8) is 0 Å². The number of pyridine rings is 1. The first-order valence-corrected chi connectivity index (χ1v) is 8.96. The van der Waals surface area contributed by atoms with Gasteiger partial charge in [0.1, 0.15) is 0 Å². The van der Waals surface area contributed by atoms with Crippen molar-refractivity contribution in [2.75, 3.05) is 39.4 Å². The molecule has 0 saturated carbocycles. The van der Waals surface area contributed by atoms with E-state index in [0.717, 1.165) is 57.5 Å². The average molecular weight is 333 g/mol. The molecule has 0 aromatic carbocycles. The normalized spacial score (nSPS) is 20.6. The second-order valence-electron chi connectivity index (χ2n) is 6.23. The Balaban J connectivity index is 1.80. The van der Waals surface area contributed by atoms with Gasteiger partial charge in [0.25, 0.3) is 0 Å². The van der Waals surface area contributed by atoms with Gasteiger partial charge in [-0.3, -0.25) is 14.9 Å². The van der Waals surface area contributed by atoms with Crippen LogP contribution >= 0.6 is 0 Å². The Morgan fingerprint density at radius 2 is 2.33 bits per heavy atom. The van der Waals surface area contributed by atoms with E-state index in [1.54, 1.807) is 0 Å². The smallest absolute Gasteiger partial charge is 0.191 e. The number of hydrogen-bond acceptors (Lipinski definition) is 4. The molecular formula is C18H31N5O. The Hall–Kier alpha value is -1.66. The lowest BCUT2D eigenvalue weighted by Crippen LogP contribution is -2.49. The van der Waals surface area contributed by atoms with Crippen LogP contribution in [0, 0.1) is 0 Å². The van der Waals surface area contributed by atoms with Crippen molar-refractivity contribution in [2.24, 2.45) is 4.99 Å². The fourth-order valence-electron chi connectivity index (χ4n) is 2.92. The SMILES string of the molecule is CCNC(=NCC(C)N1CCOCC1C)NCCc1ccccn1. The van der Waals surface area contributed by atoms with Crippen molar-refractivity contribution in [1.82, 2.24) is 20.5 Å². The van der Waals surface area contributed by atoms with E-state index in [2.05, 4.69) is 41.3 Å². The van der Waals surface area contributed by atoms with Gasteiger partial charge in [-0.25, -0.2) is 0 Å². The molecule has 0 spiro atoms. The lowest BCUT2D eigenvalue weighted by Gasteiger charge is -2.37. The van der Waals surface area contributed by atoms with Crippen LogP contribution in [0.2, 0.25) is 0 Å². The van der Waals surface area contributed by atoms with Gasteiger partial charge in [-0.05, 0) is 32.9 Å². The maximum Gasteiger partial charge on any atom is 0.191 e. The van der Waals surface area contributed by atoms with Gasteiger partial charge in [-0.2, -0.15) is 0 Å². The quantitative estimate of drug-likeness (QED) is 0.582. The van der Waals surface area contributed by atoms with E-state index < -0.39 is 0 Å². The summed E-state index contributed by atoms with van der Waals surface area (Å²) >= 11 is 0. The first kappa shape index (κ1) is 18.7. The highest BCUT2D eigenvalue weighted by molar-refractivity contribution is 5.79. The number of rotatable bonds is 7. The molecule has 0 radical (unpaired) electrons. The summed E-state index contributed by atoms with van der Waals surface area (Å²) in [5, 5.41) is 6.71. The third-order valence-electron chi connectivity index (χ3n) is 4.24. The van der Waals surface area contributed by atoms with Crippen LogP contribution in [0.25, 0.3) is 0 Å². The minimum Gasteiger partial charge on any atom is -0.379 e. The summed E-state index contributed by atoms with van der Waals surface area (Å²) in [6.45, 7) is 11.6. The molecule has 0 aliphatic carbocycles. The molecule has 2 atom stereocenters. The van der Waals surface area contributed by atoms with Crippen LogP contribution in [-0.4, -0.2) is 67.3 Å². The second kappa shape index (κ2) is 10.3. The molecule has 1 aliphatic heterocycles. The molecule has 2 rings (SSSR count). The summed E-state index contributed by atoms with van der Waals surface area (Å²) in [6, 6.07) is 6.88. The van der Waals surface area contributed by atoms with Crippen LogP contribution in [-0.2, 0) is 11.2 Å². The van der Waals surface area contributed by atoms with Crippen LogP contribution in [0.1, 0.15) is 26.5 Å². The molecule has 1 saturated heterocycles.